The van der Waals surface area contributed by atoms with Crippen molar-refractivity contribution < 1.29 is 0 Å². The van der Waals surface area contributed by atoms with Crippen molar-refractivity contribution >= 4 is 0 Å². The lowest BCUT2D eigenvalue weighted by Gasteiger charge is -2.27. The Bertz CT molecular complexity index is 206. The van der Waals surface area contributed by atoms with Crippen molar-refractivity contribution in [2.24, 2.45) is 5.92 Å². The molecule has 0 saturated carbocycles. The molecule has 17 heavy (non-hydrogen) atoms. The van der Waals surface area contributed by atoms with Gasteiger partial charge in [-0.05, 0) is 46.8 Å². The molecule has 0 bridgehead atoms. The minimum absolute atomic E-state index is 0.663. The van der Waals surface area contributed by atoms with E-state index >= 15 is 0 Å². The summed E-state index contributed by atoms with van der Waals surface area (Å²) in [6.07, 6.45) is 2.57. The fourth-order valence-electron chi connectivity index (χ4n) is 2.67. The molecule has 102 valence electrons. The molecule has 0 aromatic rings. The second-order valence-corrected chi connectivity index (χ2v) is 6.38. The molecule has 3 atom stereocenters. The zero-order chi connectivity index (χ0) is 13.0. The van der Waals surface area contributed by atoms with Crippen LogP contribution in [0.5, 0.6) is 0 Å². The number of rotatable bonds is 6. The van der Waals surface area contributed by atoms with Crippen LogP contribution in [0.1, 0.15) is 33.6 Å². The van der Waals surface area contributed by atoms with Gasteiger partial charge < -0.3 is 15.1 Å². The number of hydrogen-bond donors (Lipinski definition) is 1. The molecule has 0 aliphatic carbocycles. The number of hydrogen-bond acceptors (Lipinski definition) is 3. The molecule has 0 aromatic carbocycles. The van der Waals surface area contributed by atoms with Gasteiger partial charge in [0, 0.05) is 31.2 Å². The maximum Gasteiger partial charge on any atom is 0.0217 e. The number of likely N-dealkylation sites (tertiary alicyclic amines) is 1. The first-order valence-electron chi connectivity index (χ1n) is 7.00. The topological polar surface area (TPSA) is 18.5 Å². The first kappa shape index (κ1) is 14.9. The number of nitrogens with one attached hydrogen (secondary N) is 1. The lowest BCUT2D eigenvalue weighted by molar-refractivity contribution is 0.240. The fraction of sp³-hybridized carbons (Fsp3) is 1.00. The predicted molar refractivity (Wildman–Crippen MR) is 75.4 cm³/mol. The quantitative estimate of drug-likeness (QED) is 0.763. The van der Waals surface area contributed by atoms with E-state index in [1.165, 1.54) is 19.4 Å². The Morgan fingerprint density at radius 1 is 1.35 bits per heavy atom. The van der Waals surface area contributed by atoms with E-state index < -0.39 is 0 Å². The first-order valence-corrected chi connectivity index (χ1v) is 7.00. The molecule has 1 saturated heterocycles. The highest BCUT2D eigenvalue weighted by molar-refractivity contribution is 4.86. The maximum atomic E-state index is 3.75. The zero-order valence-electron chi connectivity index (χ0n) is 12.5. The summed E-state index contributed by atoms with van der Waals surface area (Å²) in [7, 11) is 6.61. The normalized spacial score (nSPS) is 28.2. The Morgan fingerprint density at radius 3 is 2.41 bits per heavy atom. The molecule has 1 aliphatic rings. The third-order valence-electron chi connectivity index (χ3n) is 4.00. The minimum Gasteiger partial charge on any atom is -0.311 e. The molecule has 3 unspecified atom stereocenters. The molecule has 1 fully saturated rings. The molecule has 3 heteroatoms. The van der Waals surface area contributed by atoms with Crippen molar-refractivity contribution in [1.29, 1.82) is 0 Å². The second kappa shape index (κ2) is 6.72. The standard InChI is InChI=1S/C14H31N3/c1-11(2)7-14(16(4)5)9-15-13-8-12(3)17(6)10-13/h11-15H,7-10H2,1-6H3. The lowest BCUT2D eigenvalue weighted by Crippen LogP contribution is -2.43. The van der Waals surface area contributed by atoms with Gasteiger partial charge in [0.1, 0.15) is 0 Å². The molecule has 1 heterocycles. The van der Waals surface area contributed by atoms with Gasteiger partial charge in [0.2, 0.25) is 0 Å². The van der Waals surface area contributed by atoms with Crippen molar-refractivity contribution in [2.45, 2.75) is 51.7 Å². The van der Waals surface area contributed by atoms with Gasteiger partial charge in [-0.1, -0.05) is 13.8 Å². The summed E-state index contributed by atoms with van der Waals surface area (Å²) < 4.78 is 0. The van der Waals surface area contributed by atoms with Gasteiger partial charge in [-0.2, -0.15) is 0 Å². The Balaban J connectivity index is 2.32. The monoisotopic (exact) mass is 241 g/mol. The van der Waals surface area contributed by atoms with Crippen LogP contribution in [0.2, 0.25) is 0 Å². The molecule has 0 aromatic heterocycles. The van der Waals surface area contributed by atoms with Crippen LogP contribution in [0, 0.1) is 5.92 Å². The van der Waals surface area contributed by atoms with E-state index in [-0.39, 0.29) is 0 Å². The predicted octanol–water partition coefficient (Wildman–Crippen LogP) is 1.64. The SMILES string of the molecule is CC(C)CC(CNC1CC(C)N(C)C1)N(C)C. The Labute approximate surface area is 108 Å². The van der Waals surface area contributed by atoms with Gasteiger partial charge in [-0.15, -0.1) is 0 Å². The zero-order valence-corrected chi connectivity index (χ0v) is 12.5. The van der Waals surface area contributed by atoms with Crippen LogP contribution in [0.15, 0.2) is 0 Å². The third kappa shape index (κ3) is 4.94. The number of likely N-dealkylation sites (N-methyl/N-ethyl adjacent to an activating group) is 2. The fourth-order valence-corrected chi connectivity index (χ4v) is 2.67. The summed E-state index contributed by atoms with van der Waals surface area (Å²) in [6.45, 7) is 9.25. The van der Waals surface area contributed by atoms with Crippen LogP contribution < -0.4 is 5.32 Å². The minimum atomic E-state index is 0.663. The van der Waals surface area contributed by atoms with Crippen molar-refractivity contribution in [3.05, 3.63) is 0 Å². The van der Waals surface area contributed by atoms with Gasteiger partial charge in [-0.25, -0.2) is 0 Å². The molecule has 1 N–H and O–H groups in total. The van der Waals surface area contributed by atoms with Gasteiger partial charge in [-0.3, -0.25) is 0 Å². The molecule has 1 rings (SSSR count). The summed E-state index contributed by atoms with van der Waals surface area (Å²) in [6, 6.07) is 2.08. The highest BCUT2D eigenvalue weighted by Gasteiger charge is 2.26. The summed E-state index contributed by atoms with van der Waals surface area (Å²) in [4.78, 5) is 4.81. The van der Waals surface area contributed by atoms with Gasteiger partial charge in [0.25, 0.3) is 0 Å². The molecule has 0 amide bonds. The summed E-state index contributed by atoms with van der Waals surface area (Å²) in [5, 5.41) is 3.75. The van der Waals surface area contributed by atoms with E-state index in [2.05, 4.69) is 57.0 Å². The number of nitrogens with zero attached hydrogens (tertiary/aromatic N) is 2. The Morgan fingerprint density at radius 2 is 2.00 bits per heavy atom. The van der Waals surface area contributed by atoms with Crippen LogP contribution in [0.3, 0.4) is 0 Å². The molecule has 0 radical (unpaired) electrons. The van der Waals surface area contributed by atoms with Gasteiger partial charge in [0.05, 0.1) is 0 Å². The molecular formula is C14H31N3. The van der Waals surface area contributed by atoms with Crippen LogP contribution in [-0.2, 0) is 0 Å². The summed E-state index contributed by atoms with van der Waals surface area (Å²) in [5.41, 5.74) is 0. The van der Waals surface area contributed by atoms with Crippen LogP contribution >= 0.6 is 0 Å². The second-order valence-electron chi connectivity index (χ2n) is 6.38. The van der Waals surface area contributed by atoms with E-state index in [0.29, 0.717) is 12.1 Å². The summed E-state index contributed by atoms with van der Waals surface area (Å²) in [5.74, 6) is 0.773. The van der Waals surface area contributed by atoms with Crippen LogP contribution in [-0.4, -0.2) is 62.2 Å². The van der Waals surface area contributed by atoms with E-state index in [9.17, 15) is 0 Å². The van der Waals surface area contributed by atoms with Gasteiger partial charge in [0.15, 0.2) is 0 Å². The van der Waals surface area contributed by atoms with Crippen LogP contribution in [0.4, 0.5) is 0 Å². The largest absolute Gasteiger partial charge is 0.311 e. The van der Waals surface area contributed by atoms with Crippen molar-refractivity contribution in [3.8, 4) is 0 Å². The lowest BCUT2D eigenvalue weighted by atomic mass is 10.0. The molecule has 3 nitrogen and oxygen atoms in total. The van der Waals surface area contributed by atoms with Crippen LogP contribution in [0.25, 0.3) is 0 Å². The average molecular weight is 241 g/mol. The first-order chi connectivity index (χ1) is 7.90. The summed E-state index contributed by atoms with van der Waals surface area (Å²) >= 11 is 0. The molecule has 1 aliphatic heterocycles. The highest BCUT2D eigenvalue weighted by Crippen LogP contribution is 2.15. The van der Waals surface area contributed by atoms with Crippen molar-refractivity contribution in [2.75, 3.05) is 34.2 Å². The van der Waals surface area contributed by atoms with Crippen molar-refractivity contribution in [3.63, 3.8) is 0 Å². The van der Waals surface area contributed by atoms with E-state index in [1.54, 1.807) is 0 Å². The molecule has 0 spiro atoms. The third-order valence-corrected chi connectivity index (χ3v) is 4.00. The Kier molecular flexibility index (Phi) is 5.90. The van der Waals surface area contributed by atoms with Crippen molar-refractivity contribution in [1.82, 2.24) is 15.1 Å². The van der Waals surface area contributed by atoms with E-state index in [0.717, 1.165) is 18.5 Å². The van der Waals surface area contributed by atoms with E-state index in [4.69, 9.17) is 0 Å². The maximum absolute atomic E-state index is 3.75. The average Bonchev–Trinajstić information content (AvgIpc) is 2.52. The van der Waals surface area contributed by atoms with Gasteiger partial charge >= 0.3 is 0 Å². The smallest absolute Gasteiger partial charge is 0.0217 e. The Hall–Kier alpha value is -0.120. The highest BCUT2D eigenvalue weighted by atomic mass is 15.2. The molecular weight excluding hydrogens is 210 g/mol. The van der Waals surface area contributed by atoms with E-state index in [1.807, 2.05) is 0 Å².